The standard InChI is InChI=1S/C15H20ClN3OS/c1-2-7-20-11-4-3-6-19(9-11)10-13-17-14(16)12-5-8-21-15(12)18-13/h5,8,11H,2-4,6-7,9-10H2,1H3. The van der Waals surface area contributed by atoms with E-state index in [1.54, 1.807) is 11.3 Å². The van der Waals surface area contributed by atoms with Crippen LogP contribution in [0.2, 0.25) is 5.15 Å². The van der Waals surface area contributed by atoms with E-state index in [1.165, 1.54) is 6.42 Å². The maximum Gasteiger partial charge on any atom is 0.145 e. The fraction of sp³-hybridized carbons (Fsp3) is 0.600. The van der Waals surface area contributed by atoms with Crippen LogP contribution in [0.25, 0.3) is 10.2 Å². The third kappa shape index (κ3) is 3.72. The summed E-state index contributed by atoms with van der Waals surface area (Å²) >= 11 is 7.84. The van der Waals surface area contributed by atoms with E-state index < -0.39 is 0 Å². The van der Waals surface area contributed by atoms with Crippen LogP contribution in [0.5, 0.6) is 0 Å². The van der Waals surface area contributed by atoms with Gasteiger partial charge in [0.15, 0.2) is 0 Å². The third-order valence-corrected chi connectivity index (χ3v) is 4.80. The minimum absolute atomic E-state index is 0.347. The average Bonchev–Trinajstić information content (AvgIpc) is 2.94. The van der Waals surface area contributed by atoms with Crippen LogP contribution in [0, 0.1) is 0 Å². The maximum atomic E-state index is 6.23. The van der Waals surface area contributed by atoms with E-state index in [-0.39, 0.29) is 0 Å². The van der Waals surface area contributed by atoms with Crippen molar-refractivity contribution in [3.8, 4) is 0 Å². The Balaban J connectivity index is 1.66. The summed E-state index contributed by atoms with van der Waals surface area (Å²) in [7, 11) is 0. The highest BCUT2D eigenvalue weighted by atomic mass is 35.5. The summed E-state index contributed by atoms with van der Waals surface area (Å²) in [6.45, 7) is 5.78. The molecule has 0 amide bonds. The molecular weight excluding hydrogens is 306 g/mol. The van der Waals surface area contributed by atoms with Gasteiger partial charge in [0.2, 0.25) is 0 Å². The lowest BCUT2D eigenvalue weighted by Crippen LogP contribution is -2.39. The number of likely N-dealkylation sites (tertiary alicyclic amines) is 1. The van der Waals surface area contributed by atoms with Crippen LogP contribution >= 0.6 is 22.9 Å². The molecule has 0 aromatic carbocycles. The Kier molecular flexibility index (Phi) is 5.06. The van der Waals surface area contributed by atoms with Gasteiger partial charge >= 0.3 is 0 Å². The molecule has 1 aliphatic heterocycles. The highest BCUT2D eigenvalue weighted by molar-refractivity contribution is 7.16. The fourth-order valence-corrected chi connectivity index (χ4v) is 3.80. The van der Waals surface area contributed by atoms with Gasteiger partial charge in [0, 0.05) is 18.5 Å². The summed E-state index contributed by atoms with van der Waals surface area (Å²) in [5.41, 5.74) is 0. The first kappa shape index (κ1) is 15.2. The molecule has 0 N–H and O–H groups in total. The summed E-state index contributed by atoms with van der Waals surface area (Å²) in [6, 6.07) is 1.97. The number of nitrogens with zero attached hydrogens (tertiary/aromatic N) is 3. The van der Waals surface area contributed by atoms with E-state index in [0.717, 1.165) is 55.1 Å². The summed E-state index contributed by atoms with van der Waals surface area (Å²) < 4.78 is 5.88. The average molecular weight is 326 g/mol. The molecule has 0 spiro atoms. The third-order valence-electron chi connectivity index (χ3n) is 3.71. The second-order valence-electron chi connectivity index (χ2n) is 5.44. The lowest BCUT2D eigenvalue weighted by molar-refractivity contribution is -0.00281. The number of ether oxygens (including phenoxy) is 1. The molecule has 21 heavy (non-hydrogen) atoms. The molecule has 1 fully saturated rings. The molecule has 1 saturated heterocycles. The Hall–Kier alpha value is -0.750. The molecule has 0 radical (unpaired) electrons. The van der Waals surface area contributed by atoms with E-state index in [4.69, 9.17) is 16.3 Å². The smallest absolute Gasteiger partial charge is 0.145 e. The van der Waals surface area contributed by atoms with Crippen molar-refractivity contribution in [2.75, 3.05) is 19.7 Å². The van der Waals surface area contributed by atoms with Gasteiger partial charge < -0.3 is 4.74 Å². The highest BCUT2D eigenvalue weighted by Gasteiger charge is 2.21. The second-order valence-corrected chi connectivity index (χ2v) is 6.69. The van der Waals surface area contributed by atoms with Crippen molar-refractivity contribution in [2.24, 2.45) is 0 Å². The van der Waals surface area contributed by atoms with Gasteiger partial charge in [-0.1, -0.05) is 18.5 Å². The number of piperidine rings is 1. The molecule has 3 heterocycles. The molecule has 0 aliphatic carbocycles. The van der Waals surface area contributed by atoms with Crippen molar-refractivity contribution >= 4 is 33.2 Å². The first-order valence-electron chi connectivity index (χ1n) is 7.50. The monoisotopic (exact) mass is 325 g/mol. The minimum atomic E-state index is 0.347. The molecule has 2 aromatic rings. The van der Waals surface area contributed by atoms with E-state index in [0.29, 0.717) is 11.3 Å². The predicted octanol–water partition coefficient (Wildman–Crippen LogP) is 3.74. The summed E-state index contributed by atoms with van der Waals surface area (Å²) in [4.78, 5) is 12.4. The molecule has 2 aromatic heterocycles. The zero-order valence-electron chi connectivity index (χ0n) is 12.2. The Bertz CT molecular complexity index is 604. The van der Waals surface area contributed by atoms with Crippen LogP contribution in [-0.2, 0) is 11.3 Å². The van der Waals surface area contributed by atoms with Crippen LogP contribution in [0.1, 0.15) is 32.0 Å². The van der Waals surface area contributed by atoms with Gasteiger partial charge in [0.1, 0.15) is 15.8 Å². The first-order chi connectivity index (χ1) is 10.3. The van der Waals surface area contributed by atoms with Gasteiger partial charge in [-0.25, -0.2) is 9.97 Å². The largest absolute Gasteiger partial charge is 0.377 e. The molecule has 1 aliphatic rings. The molecule has 4 nitrogen and oxygen atoms in total. The van der Waals surface area contributed by atoms with Crippen LogP contribution in [0.3, 0.4) is 0 Å². The number of aromatic nitrogens is 2. The van der Waals surface area contributed by atoms with Gasteiger partial charge in [0.05, 0.1) is 12.6 Å². The predicted molar refractivity (Wildman–Crippen MR) is 87.0 cm³/mol. The topological polar surface area (TPSA) is 38.2 Å². The lowest BCUT2D eigenvalue weighted by Gasteiger charge is -2.32. The van der Waals surface area contributed by atoms with Crippen LogP contribution in [-0.4, -0.2) is 40.7 Å². The highest BCUT2D eigenvalue weighted by Crippen LogP contribution is 2.25. The number of rotatable bonds is 5. The number of thiophene rings is 1. The van der Waals surface area contributed by atoms with Crippen LogP contribution < -0.4 is 0 Å². The van der Waals surface area contributed by atoms with Gasteiger partial charge in [0.25, 0.3) is 0 Å². The van der Waals surface area contributed by atoms with Crippen LogP contribution in [0.15, 0.2) is 11.4 Å². The fourth-order valence-electron chi connectivity index (χ4n) is 2.71. The second kappa shape index (κ2) is 7.01. The lowest BCUT2D eigenvalue weighted by atomic mass is 10.1. The Morgan fingerprint density at radius 2 is 2.38 bits per heavy atom. The number of fused-ring (bicyclic) bond motifs is 1. The van der Waals surface area contributed by atoms with Gasteiger partial charge in [-0.2, -0.15) is 0 Å². The maximum absolute atomic E-state index is 6.23. The number of halogens is 1. The van der Waals surface area contributed by atoms with Gasteiger partial charge in [-0.3, -0.25) is 4.90 Å². The van der Waals surface area contributed by atoms with Crippen molar-refractivity contribution < 1.29 is 4.74 Å². The SMILES string of the molecule is CCCOC1CCCN(Cc2nc(Cl)c3ccsc3n2)C1. The molecule has 1 atom stereocenters. The number of hydrogen-bond donors (Lipinski definition) is 0. The molecule has 114 valence electrons. The Labute approximate surface area is 134 Å². The van der Waals surface area contributed by atoms with Crippen molar-refractivity contribution in [1.29, 1.82) is 0 Å². The van der Waals surface area contributed by atoms with E-state index >= 15 is 0 Å². The quantitative estimate of drug-likeness (QED) is 0.785. The van der Waals surface area contributed by atoms with Crippen molar-refractivity contribution in [2.45, 2.75) is 38.8 Å². The summed E-state index contributed by atoms with van der Waals surface area (Å²) in [6.07, 6.45) is 3.75. The van der Waals surface area contributed by atoms with Crippen molar-refractivity contribution in [1.82, 2.24) is 14.9 Å². The molecule has 3 rings (SSSR count). The van der Waals surface area contributed by atoms with E-state index in [9.17, 15) is 0 Å². The van der Waals surface area contributed by atoms with Gasteiger partial charge in [-0.15, -0.1) is 11.3 Å². The van der Waals surface area contributed by atoms with Crippen molar-refractivity contribution in [3.05, 3.63) is 22.4 Å². The normalized spacial score (nSPS) is 20.2. The molecule has 0 bridgehead atoms. The zero-order valence-corrected chi connectivity index (χ0v) is 13.8. The summed E-state index contributed by atoms with van der Waals surface area (Å²) in [5, 5.41) is 3.52. The number of hydrogen-bond acceptors (Lipinski definition) is 5. The Morgan fingerprint density at radius 1 is 1.48 bits per heavy atom. The van der Waals surface area contributed by atoms with Crippen molar-refractivity contribution in [3.63, 3.8) is 0 Å². The molecule has 0 saturated carbocycles. The summed E-state index contributed by atoms with van der Waals surface area (Å²) in [5.74, 6) is 0.811. The Morgan fingerprint density at radius 3 is 3.24 bits per heavy atom. The zero-order chi connectivity index (χ0) is 14.7. The van der Waals surface area contributed by atoms with Gasteiger partial charge in [-0.05, 0) is 37.3 Å². The van der Waals surface area contributed by atoms with E-state index in [1.807, 2.05) is 11.4 Å². The molecule has 1 unspecified atom stereocenters. The first-order valence-corrected chi connectivity index (χ1v) is 8.75. The van der Waals surface area contributed by atoms with Crippen LogP contribution in [0.4, 0.5) is 0 Å². The molecule has 6 heteroatoms. The van der Waals surface area contributed by atoms with E-state index in [2.05, 4.69) is 21.8 Å². The minimum Gasteiger partial charge on any atom is -0.377 e. The molecular formula is C15H20ClN3OS.